The van der Waals surface area contributed by atoms with Crippen LogP contribution in [0.2, 0.25) is 5.02 Å². The lowest BCUT2D eigenvalue weighted by Gasteiger charge is -2.23. The van der Waals surface area contributed by atoms with Gasteiger partial charge < -0.3 is 10.1 Å². The lowest BCUT2D eigenvalue weighted by Crippen LogP contribution is -2.45. The first-order valence-corrected chi connectivity index (χ1v) is 12.4. The van der Waals surface area contributed by atoms with Gasteiger partial charge in [-0.25, -0.2) is 0 Å². The van der Waals surface area contributed by atoms with Crippen molar-refractivity contribution >= 4 is 41.0 Å². The third-order valence-corrected chi connectivity index (χ3v) is 6.47. The maximum atomic E-state index is 13.3. The van der Waals surface area contributed by atoms with Crippen LogP contribution in [0, 0.1) is 5.92 Å². The molecule has 1 aliphatic rings. The van der Waals surface area contributed by atoms with Crippen molar-refractivity contribution in [3.63, 3.8) is 0 Å². The van der Waals surface area contributed by atoms with Gasteiger partial charge in [0.25, 0.3) is 11.8 Å². The van der Waals surface area contributed by atoms with E-state index in [9.17, 15) is 32.3 Å². The van der Waals surface area contributed by atoms with E-state index in [0.717, 1.165) is 17.1 Å². The molecule has 0 radical (unpaired) electrons. The fourth-order valence-electron chi connectivity index (χ4n) is 4.20. The Labute approximate surface area is 232 Å². The molecule has 0 unspecified atom stereocenters. The van der Waals surface area contributed by atoms with Crippen LogP contribution in [0.5, 0.6) is 0 Å². The number of hydrogen-bond acceptors (Lipinski definition) is 5. The molecule has 4 rings (SSSR count). The molecule has 1 heterocycles. The Balaban J connectivity index is 1.34. The summed E-state index contributed by atoms with van der Waals surface area (Å²) in [6.45, 7) is -0.993. The van der Waals surface area contributed by atoms with Crippen LogP contribution in [-0.2, 0) is 30.1 Å². The van der Waals surface area contributed by atoms with Gasteiger partial charge in [-0.1, -0.05) is 72.3 Å². The molecule has 0 bridgehead atoms. The van der Waals surface area contributed by atoms with Crippen LogP contribution in [-0.4, -0.2) is 41.9 Å². The van der Waals surface area contributed by atoms with E-state index in [1.54, 1.807) is 48.5 Å². The van der Waals surface area contributed by atoms with Crippen molar-refractivity contribution in [1.29, 1.82) is 0 Å². The number of halogens is 4. The van der Waals surface area contributed by atoms with E-state index in [1.165, 1.54) is 0 Å². The number of nitrogens with zero attached hydrogens (tertiary/aromatic N) is 1. The molecule has 1 fully saturated rings. The number of alkyl halides is 3. The Hall–Kier alpha value is -4.38. The van der Waals surface area contributed by atoms with Gasteiger partial charge in [0.2, 0.25) is 5.91 Å². The van der Waals surface area contributed by atoms with Gasteiger partial charge in [-0.2, -0.15) is 13.2 Å². The van der Waals surface area contributed by atoms with E-state index >= 15 is 0 Å². The predicted molar refractivity (Wildman–Crippen MR) is 139 cm³/mol. The number of hydrogen-bond donors (Lipinski definition) is 2. The molecule has 0 aromatic heterocycles. The number of amides is 3. The van der Waals surface area contributed by atoms with Crippen molar-refractivity contribution in [2.24, 2.45) is 5.92 Å². The average Bonchev–Trinajstić information content (AvgIpc) is 3.29. The summed E-state index contributed by atoms with van der Waals surface area (Å²) in [6, 6.07) is 20.4. The lowest BCUT2D eigenvalue weighted by atomic mass is 9.91. The summed E-state index contributed by atoms with van der Waals surface area (Å²) < 4.78 is 43.8. The van der Waals surface area contributed by atoms with Crippen LogP contribution in [0.15, 0.2) is 78.9 Å². The largest absolute Gasteiger partial charge is 0.455 e. The molecule has 3 aromatic rings. The van der Waals surface area contributed by atoms with Crippen molar-refractivity contribution in [3.8, 4) is 0 Å². The SMILES string of the molecule is O=C(COC(=O)[C@H]1CC(=O)N(NC(=O)C(c2ccccc2)c2ccccc2)C1)Nc1cc(C(F)(F)F)ccc1Cl. The standard InChI is InChI=1S/C28H23ClF3N3O5/c29-21-12-11-20(28(30,31)32)14-22(21)33-23(36)16-40-27(39)19-13-24(37)35(15-19)34-26(38)25(17-7-3-1-4-8-17)18-9-5-2-6-10-18/h1-12,14,19,25H,13,15-16H2,(H,33,36)(H,34,38)/t19-/m0/s1. The maximum Gasteiger partial charge on any atom is 0.416 e. The Bertz CT molecular complexity index is 1360. The summed E-state index contributed by atoms with van der Waals surface area (Å²) in [4.78, 5) is 50.6. The minimum atomic E-state index is -4.64. The highest BCUT2D eigenvalue weighted by Crippen LogP contribution is 2.34. The third-order valence-electron chi connectivity index (χ3n) is 6.14. The number of nitrogens with one attached hydrogen (secondary N) is 2. The molecule has 2 N–H and O–H groups in total. The normalized spacial score (nSPS) is 15.2. The van der Waals surface area contributed by atoms with Crippen LogP contribution >= 0.6 is 11.6 Å². The molecule has 0 spiro atoms. The summed E-state index contributed by atoms with van der Waals surface area (Å²) in [7, 11) is 0. The Morgan fingerprint density at radius 1 is 0.975 bits per heavy atom. The highest BCUT2D eigenvalue weighted by molar-refractivity contribution is 6.33. The molecule has 8 nitrogen and oxygen atoms in total. The molecular formula is C28H23ClF3N3O5. The zero-order chi connectivity index (χ0) is 28.9. The summed E-state index contributed by atoms with van der Waals surface area (Å²) >= 11 is 5.86. The smallest absolute Gasteiger partial charge is 0.416 e. The van der Waals surface area contributed by atoms with E-state index in [0.29, 0.717) is 17.2 Å². The molecule has 1 saturated heterocycles. The van der Waals surface area contributed by atoms with Crippen molar-refractivity contribution in [2.45, 2.75) is 18.5 Å². The molecule has 40 heavy (non-hydrogen) atoms. The predicted octanol–water partition coefficient (Wildman–Crippen LogP) is 4.55. The number of anilines is 1. The second-order valence-electron chi connectivity index (χ2n) is 8.98. The highest BCUT2D eigenvalue weighted by atomic mass is 35.5. The van der Waals surface area contributed by atoms with E-state index < -0.39 is 53.9 Å². The second-order valence-corrected chi connectivity index (χ2v) is 9.39. The zero-order valence-electron chi connectivity index (χ0n) is 20.8. The van der Waals surface area contributed by atoms with E-state index in [4.69, 9.17) is 16.3 Å². The monoisotopic (exact) mass is 573 g/mol. The summed E-state index contributed by atoms with van der Waals surface area (Å²) in [5, 5.41) is 3.08. The summed E-state index contributed by atoms with van der Waals surface area (Å²) in [5.41, 5.74) is 2.69. The third kappa shape index (κ3) is 6.97. The van der Waals surface area contributed by atoms with Crippen molar-refractivity contribution in [3.05, 3.63) is 101 Å². The van der Waals surface area contributed by atoms with Gasteiger partial charge in [0.1, 0.15) is 0 Å². The number of rotatable bonds is 8. The van der Waals surface area contributed by atoms with Crippen LogP contribution in [0.1, 0.15) is 29.0 Å². The van der Waals surface area contributed by atoms with Crippen LogP contribution in [0.4, 0.5) is 18.9 Å². The van der Waals surface area contributed by atoms with E-state index in [2.05, 4.69) is 10.7 Å². The first-order valence-electron chi connectivity index (χ1n) is 12.1. The number of carbonyl (C=O) groups is 4. The van der Waals surface area contributed by atoms with Crippen molar-refractivity contribution in [1.82, 2.24) is 10.4 Å². The quantitative estimate of drug-likeness (QED) is 0.385. The Morgan fingerprint density at radius 2 is 1.57 bits per heavy atom. The van der Waals surface area contributed by atoms with Gasteiger partial charge in [0.15, 0.2) is 6.61 Å². The number of carbonyl (C=O) groups excluding carboxylic acids is 4. The molecule has 208 valence electrons. The summed E-state index contributed by atoms with van der Waals surface area (Å²) in [6.07, 6.45) is -4.91. The minimum absolute atomic E-state index is 0.134. The van der Waals surface area contributed by atoms with Gasteiger partial charge in [-0.05, 0) is 29.3 Å². The van der Waals surface area contributed by atoms with Crippen molar-refractivity contribution < 1.29 is 37.1 Å². The van der Waals surface area contributed by atoms with E-state index in [1.807, 2.05) is 12.1 Å². The first kappa shape index (κ1) is 28.6. The highest BCUT2D eigenvalue weighted by Gasteiger charge is 2.38. The first-order chi connectivity index (χ1) is 19.0. The van der Waals surface area contributed by atoms with E-state index in [-0.39, 0.29) is 23.7 Å². The molecular weight excluding hydrogens is 551 g/mol. The van der Waals surface area contributed by atoms with Crippen LogP contribution in [0.3, 0.4) is 0 Å². The van der Waals surface area contributed by atoms with Gasteiger partial charge in [-0.3, -0.25) is 29.6 Å². The van der Waals surface area contributed by atoms with Crippen LogP contribution < -0.4 is 10.7 Å². The molecule has 0 aliphatic carbocycles. The van der Waals surface area contributed by atoms with Gasteiger partial charge >= 0.3 is 12.1 Å². The minimum Gasteiger partial charge on any atom is -0.455 e. The number of ether oxygens (including phenoxy) is 1. The maximum absolute atomic E-state index is 13.3. The van der Waals surface area contributed by atoms with Gasteiger partial charge in [-0.15, -0.1) is 0 Å². The van der Waals surface area contributed by atoms with Crippen molar-refractivity contribution in [2.75, 3.05) is 18.5 Å². The fraction of sp³-hybridized carbons (Fsp3) is 0.214. The fourth-order valence-corrected chi connectivity index (χ4v) is 4.36. The zero-order valence-corrected chi connectivity index (χ0v) is 21.5. The number of benzene rings is 3. The Morgan fingerprint density at radius 3 is 2.15 bits per heavy atom. The number of hydrazine groups is 1. The molecule has 1 atom stereocenters. The Kier molecular flexibility index (Phi) is 8.73. The topological polar surface area (TPSA) is 105 Å². The second kappa shape index (κ2) is 12.2. The van der Waals surface area contributed by atoms with Crippen LogP contribution in [0.25, 0.3) is 0 Å². The molecule has 0 saturated carbocycles. The molecule has 3 aromatic carbocycles. The molecule has 3 amide bonds. The number of esters is 1. The average molecular weight is 574 g/mol. The summed E-state index contributed by atoms with van der Waals surface area (Å²) in [5.74, 6) is -4.47. The van der Waals surface area contributed by atoms with Gasteiger partial charge in [0, 0.05) is 6.42 Å². The van der Waals surface area contributed by atoms with Gasteiger partial charge in [0.05, 0.1) is 34.7 Å². The molecule has 12 heteroatoms. The lowest BCUT2D eigenvalue weighted by molar-refractivity contribution is -0.151. The molecule has 1 aliphatic heterocycles.